The van der Waals surface area contributed by atoms with E-state index in [1.165, 1.54) is 0 Å². The molecule has 2 aromatic carbocycles. The summed E-state index contributed by atoms with van der Waals surface area (Å²) >= 11 is 0. The Kier molecular flexibility index (Phi) is 4.22. The lowest BCUT2D eigenvalue weighted by molar-refractivity contribution is -0.131. The van der Waals surface area contributed by atoms with Gasteiger partial charge >= 0.3 is 6.03 Å². The first-order chi connectivity index (χ1) is 13.5. The molecule has 1 atom stereocenters. The molecule has 2 aliphatic heterocycles. The first-order valence-corrected chi connectivity index (χ1v) is 9.14. The minimum absolute atomic E-state index is 0.0416. The van der Waals surface area contributed by atoms with Gasteiger partial charge in [-0.25, -0.2) is 4.79 Å². The van der Waals surface area contributed by atoms with Crippen LogP contribution in [0.2, 0.25) is 0 Å². The maximum atomic E-state index is 13.1. The summed E-state index contributed by atoms with van der Waals surface area (Å²) in [5.74, 6) is -1.18. The van der Waals surface area contributed by atoms with Gasteiger partial charge in [0.2, 0.25) is 0 Å². The lowest BCUT2D eigenvalue weighted by Crippen LogP contribution is -2.44. The topological polar surface area (TPSA) is 86.8 Å². The number of imide groups is 2. The fourth-order valence-electron chi connectivity index (χ4n) is 3.83. The number of nitrogens with one attached hydrogen (secondary N) is 1. The molecule has 2 aromatic rings. The smallest absolute Gasteiger partial charge is 0.319 e. The van der Waals surface area contributed by atoms with Crippen LogP contribution in [0.15, 0.2) is 54.6 Å². The van der Waals surface area contributed by atoms with E-state index in [-0.39, 0.29) is 19.0 Å². The summed E-state index contributed by atoms with van der Waals surface area (Å²) in [6.45, 7) is 1.74. The molecule has 142 valence electrons. The van der Waals surface area contributed by atoms with Crippen molar-refractivity contribution in [1.29, 1.82) is 0 Å². The van der Waals surface area contributed by atoms with E-state index in [9.17, 15) is 19.2 Å². The summed E-state index contributed by atoms with van der Waals surface area (Å²) in [4.78, 5) is 52.8. The van der Waals surface area contributed by atoms with E-state index in [2.05, 4.69) is 5.32 Å². The van der Waals surface area contributed by atoms with E-state index in [1.54, 1.807) is 36.4 Å². The number of fused-ring (bicyclic) bond motifs is 1. The zero-order chi connectivity index (χ0) is 19.9. The molecule has 5 amide bonds. The van der Waals surface area contributed by atoms with Gasteiger partial charge in [0.05, 0.1) is 11.1 Å². The van der Waals surface area contributed by atoms with Crippen LogP contribution in [0.4, 0.5) is 4.79 Å². The largest absolute Gasteiger partial charge is 0.325 e. The third-order valence-corrected chi connectivity index (χ3v) is 5.40. The van der Waals surface area contributed by atoms with Gasteiger partial charge < -0.3 is 5.32 Å². The van der Waals surface area contributed by atoms with Crippen molar-refractivity contribution in [2.24, 2.45) is 0 Å². The molecule has 0 aromatic heterocycles. The number of hydrogen-bond acceptors (Lipinski definition) is 4. The molecule has 0 radical (unpaired) electrons. The number of benzene rings is 2. The predicted octanol–water partition coefficient (Wildman–Crippen LogP) is 2.14. The SMILES string of the molecule is CC[C@@]1(c2ccccc2)NC(=O)N(CCN2C(=O)c3ccccc3C2=O)C1=O. The summed E-state index contributed by atoms with van der Waals surface area (Å²) in [6.07, 6.45) is 0.394. The quantitative estimate of drug-likeness (QED) is 0.639. The van der Waals surface area contributed by atoms with Gasteiger partial charge in [0, 0.05) is 13.1 Å². The number of carbonyl (C=O) groups excluding carboxylic acids is 4. The van der Waals surface area contributed by atoms with Crippen molar-refractivity contribution < 1.29 is 19.2 Å². The monoisotopic (exact) mass is 377 g/mol. The summed E-state index contributed by atoms with van der Waals surface area (Å²) < 4.78 is 0. The van der Waals surface area contributed by atoms with E-state index < -0.39 is 23.4 Å². The molecule has 7 nitrogen and oxygen atoms in total. The summed E-state index contributed by atoms with van der Waals surface area (Å²) in [5, 5.41) is 2.80. The summed E-state index contributed by atoms with van der Waals surface area (Å²) in [5.41, 5.74) is 0.271. The van der Waals surface area contributed by atoms with Crippen LogP contribution in [0.5, 0.6) is 0 Å². The highest BCUT2D eigenvalue weighted by Gasteiger charge is 2.51. The summed E-state index contributed by atoms with van der Waals surface area (Å²) in [6, 6.07) is 15.1. The fraction of sp³-hybridized carbons (Fsp3) is 0.238. The molecule has 4 rings (SSSR count). The highest BCUT2D eigenvalue weighted by atomic mass is 16.2. The molecule has 0 saturated carbocycles. The second-order valence-electron chi connectivity index (χ2n) is 6.82. The van der Waals surface area contributed by atoms with Gasteiger partial charge in [0.1, 0.15) is 5.54 Å². The Labute approximate surface area is 161 Å². The van der Waals surface area contributed by atoms with E-state index in [0.717, 1.165) is 9.80 Å². The number of urea groups is 1. The average molecular weight is 377 g/mol. The Morgan fingerprint density at radius 1 is 0.786 bits per heavy atom. The number of carbonyl (C=O) groups is 4. The van der Waals surface area contributed by atoms with E-state index >= 15 is 0 Å². The highest BCUT2D eigenvalue weighted by Crippen LogP contribution is 2.32. The minimum Gasteiger partial charge on any atom is -0.319 e. The minimum atomic E-state index is -1.12. The molecule has 0 bridgehead atoms. The average Bonchev–Trinajstić information content (AvgIpc) is 3.12. The van der Waals surface area contributed by atoms with Gasteiger partial charge in [-0.15, -0.1) is 0 Å². The van der Waals surface area contributed by atoms with Gasteiger partial charge in [-0.05, 0) is 24.1 Å². The van der Waals surface area contributed by atoms with Gasteiger partial charge in [-0.2, -0.15) is 0 Å². The lowest BCUT2D eigenvalue weighted by Gasteiger charge is -2.26. The second kappa shape index (κ2) is 6.60. The Morgan fingerprint density at radius 2 is 1.32 bits per heavy atom. The van der Waals surface area contributed by atoms with Crippen LogP contribution in [0.1, 0.15) is 39.6 Å². The number of amides is 5. The molecule has 1 fully saturated rings. The maximum absolute atomic E-state index is 13.1. The number of hydrogen-bond donors (Lipinski definition) is 1. The molecule has 28 heavy (non-hydrogen) atoms. The van der Waals surface area contributed by atoms with Crippen molar-refractivity contribution in [3.63, 3.8) is 0 Å². The van der Waals surface area contributed by atoms with Gasteiger partial charge in [-0.3, -0.25) is 24.2 Å². The van der Waals surface area contributed by atoms with Crippen LogP contribution in [-0.2, 0) is 10.3 Å². The Hall–Kier alpha value is -3.48. The third kappa shape index (κ3) is 2.51. The van der Waals surface area contributed by atoms with E-state index in [1.807, 2.05) is 25.1 Å². The third-order valence-electron chi connectivity index (χ3n) is 5.40. The first kappa shape index (κ1) is 17.9. The van der Waals surface area contributed by atoms with Crippen molar-refractivity contribution in [3.05, 3.63) is 71.3 Å². The van der Waals surface area contributed by atoms with Gasteiger partial charge in [-0.1, -0.05) is 49.4 Å². The standard InChI is InChI=1S/C21H19N3O4/c1-2-21(14-8-4-3-5-9-14)19(27)24(20(28)22-21)13-12-23-17(25)15-10-6-7-11-16(15)18(23)26/h3-11H,2,12-13H2,1H3,(H,22,28)/t21-/m0/s1. The van der Waals surface area contributed by atoms with Crippen LogP contribution in [0, 0.1) is 0 Å². The van der Waals surface area contributed by atoms with E-state index in [0.29, 0.717) is 23.1 Å². The Morgan fingerprint density at radius 3 is 1.89 bits per heavy atom. The normalized spacial score (nSPS) is 21.3. The van der Waals surface area contributed by atoms with Crippen LogP contribution in [0.25, 0.3) is 0 Å². The molecule has 0 unspecified atom stereocenters. The molecule has 0 spiro atoms. The number of rotatable bonds is 5. The van der Waals surface area contributed by atoms with Crippen molar-refractivity contribution in [3.8, 4) is 0 Å². The Bertz CT molecular complexity index is 953. The molecule has 0 aliphatic carbocycles. The second-order valence-corrected chi connectivity index (χ2v) is 6.82. The van der Waals surface area contributed by atoms with Crippen molar-refractivity contribution in [2.45, 2.75) is 18.9 Å². The summed E-state index contributed by atoms with van der Waals surface area (Å²) in [7, 11) is 0. The van der Waals surface area contributed by atoms with Crippen molar-refractivity contribution >= 4 is 23.8 Å². The Balaban J connectivity index is 1.54. The molecule has 2 heterocycles. The van der Waals surface area contributed by atoms with Crippen molar-refractivity contribution in [2.75, 3.05) is 13.1 Å². The molecule has 1 N–H and O–H groups in total. The van der Waals surface area contributed by atoms with Crippen LogP contribution < -0.4 is 5.32 Å². The van der Waals surface area contributed by atoms with Crippen LogP contribution in [-0.4, -0.2) is 46.6 Å². The maximum Gasteiger partial charge on any atom is 0.325 e. The number of nitrogens with zero attached hydrogens (tertiary/aromatic N) is 2. The zero-order valence-electron chi connectivity index (χ0n) is 15.3. The molecule has 1 saturated heterocycles. The molecular formula is C21H19N3O4. The molecule has 2 aliphatic rings. The molecule has 7 heteroatoms. The highest BCUT2D eigenvalue weighted by molar-refractivity contribution is 6.21. The van der Waals surface area contributed by atoms with Gasteiger partial charge in [0.15, 0.2) is 0 Å². The first-order valence-electron chi connectivity index (χ1n) is 9.14. The zero-order valence-corrected chi connectivity index (χ0v) is 15.3. The predicted molar refractivity (Wildman–Crippen MR) is 100 cm³/mol. The fourth-order valence-corrected chi connectivity index (χ4v) is 3.83. The van der Waals surface area contributed by atoms with E-state index in [4.69, 9.17) is 0 Å². The van der Waals surface area contributed by atoms with Crippen LogP contribution in [0.3, 0.4) is 0 Å². The van der Waals surface area contributed by atoms with Crippen LogP contribution >= 0.6 is 0 Å². The lowest BCUT2D eigenvalue weighted by atomic mass is 9.87. The van der Waals surface area contributed by atoms with Crippen molar-refractivity contribution in [1.82, 2.24) is 15.1 Å². The molecular weight excluding hydrogens is 358 g/mol. The van der Waals surface area contributed by atoms with Gasteiger partial charge in [0.25, 0.3) is 17.7 Å².